The van der Waals surface area contributed by atoms with Crippen LogP contribution in [-0.4, -0.2) is 13.2 Å². The van der Waals surface area contributed by atoms with Gasteiger partial charge in [0.2, 0.25) is 0 Å². The molecule has 0 amide bonds. The Morgan fingerprint density at radius 2 is 0.298 bits per heavy atom. The van der Waals surface area contributed by atoms with E-state index in [2.05, 4.69) is 13.8 Å². The maximum Gasteiger partial charge on any atom is 0.0466 e. The molecule has 0 fully saturated rings. The molecule has 47 heavy (non-hydrogen) atoms. The van der Waals surface area contributed by atoms with E-state index in [0.717, 1.165) is 13.2 Å². The fourth-order valence-electron chi connectivity index (χ4n) is 7.37. The van der Waals surface area contributed by atoms with Crippen molar-refractivity contribution in [2.24, 2.45) is 0 Å². The monoisotopic (exact) mass is 663 g/mol. The van der Waals surface area contributed by atoms with Gasteiger partial charge < -0.3 is 4.74 Å². The molecule has 1 heteroatoms. The average Bonchev–Trinajstić information content (AvgIpc) is 3.08. The Balaban J connectivity index is 3.03. The van der Waals surface area contributed by atoms with Crippen molar-refractivity contribution in [2.75, 3.05) is 13.2 Å². The molecule has 0 rings (SSSR count). The van der Waals surface area contributed by atoms with E-state index in [1.54, 1.807) is 0 Å². The minimum Gasteiger partial charge on any atom is -0.381 e. The summed E-state index contributed by atoms with van der Waals surface area (Å²) in [7, 11) is 0. The normalized spacial score (nSPS) is 11.6. The zero-order chi connectivity index (χ0) is 33.8. The summed E-state index contributed by atoms with van der Waals surface area (Å²) < 4.78 is 5.91. The first kappa shape index (κ1) is 47.0. The van der Waals surface area contributed by atoms with E-state index in [0.29, 0.717) is 0 Å². The second-order valence-electron chi connectivity index (χ2n) is 15.8. The van der Waals surface area contributed by atoms with Crippen LogP contribution >= 0.6 is 0 Å². The first-order chi connectivity index (χ1) is 23.4. The summed E-state index contributed by atoms with van der Waals surface area (Å²) in [4.78, 5) is 0. The first-order valence-electron chi connectivity index (χ1n) is 23.0. The molecule has 284 valence electrons. The molecule has 0 aromatic carbocycles. The highest BCUT2D eigenvalue weighted by Crippen LogP contribution is 2.17. The summed E-state index contributed by atoms with van der Waals surface area (Å²) >= 11 is 0. The van der Waals surface area contributed by atoms with Gasteiger partial charge in [0.1, 0.15) is 0 Å². The predicted molar refractivity (Wildman–Crippen MR) is 216 cm³/mol. The molecular formula is C46H94O. The van der Waals surface area contributed by atoms with Gasteiger partial charge in [-0.25, -0.2) is 0 Å². The number of ether oxygens (including phenoxy) is 1. The SMILES string of the molecule is CCCCCCCCCCCCCCCCCCCCCCCOCCCCCCCCCCCCCCCCCCCCCCC. The van der Waals surface area contributed by atoms with Crippen molar-refractivity contribution in [1.29, 1.82) is 0 Å². The van der Waals surface area contributed by atoms with Crippen LogP contribution in [0.5, 0.6) is 0 Å². The Kier molecular flexibility index (Phi) is 45.9. The Hall–Kier alpha value is -0.0400. The third-order valence-corrected chi connectivity index (χ3v) is 10.8. The largest absolute Gasteiger partial charge is 0.381 e. The summed E-state index contributed by atoms with van der Waals surface area (Å²) in [5, 5.41) is 0. The molecule has 0 heterocycles. The van der Waals surface area contributed by atoms with Crippen molar-refractivity contribution in [2.45, 2.75) is 284 Å². The van der Waals surface area contributed by atoms with Crippen LogP contribution in [0.25, 0.3) is 0 Å². The summed E-state index contributed by atoms with van der Waals surface area (Å²) in [6, 6.07) is 0. The van der Waals surface area contributed by atoms with E-state index in [1.807, 2.05) is 0 Å². The van der Waals surface area contributed by atoms with Crippen molar-refractivity contribution in [3.05, 3.63) is 0 Å². The lowest BCUT2D eigenvalue weighted by atomic mass is 10.0. The smallest absolute Gasteiger partial charge is 0.0466 e. The third kappa shape index (κ3) is 46.0. The van der Waals surface area contributed by atoms with Crippen LogP contribution in [0.1, 0.15) is 284 Å². The van der Waals surface area contributed by atoms with E-state index in [1.165, 1.54) is 270 Å². The predicted octanol–water partition coefficient (Wildman–Crippen LogP) is 17.4. The minimum atomic E-state index is 0.998. The summed E-state index contributed by atoms with van der Waals surface area (Å²) in [6.07, 6.45) is 61.0. The molecule has 0 atom stereocenters. The Bertz CT molecular complexity index is 457. The van der Waals surface area contributed by atoms with Crippen molar-refractivity contribution >= 4 is 0 Å². The quantitative estimate of drug-likeness (QED) is 0.0590. The molecule has 0 unspecified atom stereocenters. The molecule has 0 radical (unpaired) electrons. The Morgan fingerprint density at radius 1 is 0.170 bits per heavy atom. The van der Waals surface area contributed by atoms with Crippen molar-refractivity contribution in [1.82, 2.24) is 0 Å². The molecule has 0 aromatic rings. The van der Waals surface area contributed by atoms with Gasteiger partial charge in [0.15, 0.2) is 0 Å². The highest BCUT2D eigenvalue weighted by molar-refractivity contribution is 4.53. The minimum absolute atomic E-state index is 0.998. The van der Waals surface area contributed by atoms with E-state index < -0.39 is 0 Å². The molecule has 0 saturated heterocycles. The molecule has 0 saturated carbocycles. The topological polar surface area (TPSA) is 9.23 Å². The van der Waals surface area contributed by atoms with Crippen molar-refractivity contribution < 1.29 is 4.74 Å². The lowest BCUT2D eigenvalue weighted by Gasteiger charge is -2.06. The van der Waals surface area contributed by atoms with Crippen molar-refractivity contribution in [3.63, 3.8) is 0 Å². The lowest BCUT2D eigenvalue weighted by molar-refractivity contribution is 0.125. The van der Waals surface area contributed by atoms with Gasteiger partial charge in [-0.1, -0.05) is 271 Å². The fraction of sp³-hybridized carbons (Fsp3) is 1.00. The highest BCUT2D eigenvalue weighted by Gasteiger charge is 1.98. The van der Waals surface area contributed by atoms with Crippen LogP contribution < -0.4 is 0 Å². The zero-order valence-electron chi connectivity index (χ0n) is 33.5. The molecule has 1 nitrogen and oxygen atoms in total. The maximum atomic E-state index is 5.91. The average molecular weight is 663 g/mol. The van der Waals surface area contributed by atoms with Crippen LogP contribution in [0.15, 0.2) is 0 Å². The van der Waals surface area contributed by atoms with Crippen LogP contribution in [0.3, 0.4) is 0 Å². The van der Waals surface area contributed by atoms with Crippen LogP contribution in [0.4, 0.5) is 0 Å². The maximum absolute atomic E-state index is 5.91. The van der Waals surface area contributed by atoms with Gasteiger partial charge in [-0.3, -0.25) is 0 Å². The van der Waals surface area contributed by atoms with Gasteiger partial charge in [0, 0.05) is 13.2 Å². The van der Waals surface area contributed by atoms with E-state index >= 15 is 0 Å². The van der Waals surface area contributed by atoms with Gasteiger partial charge in [0.25, 0.3) is 0 Å². The van der Waals surface area contributed by atoms with Crippen LogP contribution in [0.2, 0.25) is 0 Å². The van der Waals surface area contributed by atoms with Gasteiger partial charge in [-0.15, -0.1) is 0 Å². The van der Waals surface area contributed by atoms with Gasteiger partial charge in [-0.05, 0) is 12.8 Å². The number of hydrogen-bond acceptors (Lipinski definition) is 1. The molecule has 0 spiro atoms. The van der Waals surface area contributed by atoms with Gasteiger partial charge in [-0.2, -0.15) is 0 Å². The van der Waals surface area contributed by atoms with Gasteiger partial charge in [0.05, 0.1) is 0 Å². The Labute approximate surface area is 300 Å². The van der Waals surface area contributed by atoms with Gasteiger partial charge >= 0.3 is 0 Å². The van der Waals surface area contributed by atoms with E-state index in [4.69, 9.17) is 4.74 Å². The number of unbranched alkanes of at least 4 members (excludes halogenated alkanes) is 40. The number of rotatable bonds is 44. The molecule has 0 N–H and O–H groups in total. The second kappa shape index (κ2) is 46.0. The molecule has 0 aliphatic carbocycles. The summed E-state index contributed by atoms with van der Waals surface area (Å²) in [6.45, 7) is 6.61. The zero-order valence-corrected chi connectivity index (χ0v) is 33.5. The molecular weight excluding hydrogens is 569 g/mol. The molecule has 0 aliphatic rings. The standard InChI is InChI=1S/C46H94O/c1-3-5-7-9-11-13-15-17-19-21-23-25-27-29-31-33-35-37-39-41-43-45-47-46-44-42-40-38-36-34-32-30-28-26-24-22-20-18-16-14-12-10-8-6-4-2/h3-46H2,1-2H3. The second-order valence-corrected chi connectivity index (χ2v) is 15.8. The molecule has 0 aromatic heterocycles. The summed E-state index contributed by atoms with van der Waals surface area (Å²) in [5.41, 5.74) is 0. The highest BCUT2D eigenvalue weighted by atomic mass is 16.5. The summed E-state index contributed by atoms with van der Waals surface area (Å²) in [5.74, 6) is 0. The van der Waals surface area contributed by atoms with E-state index in [9.17, 15) is 0 Å². The third-order valence-electron chi connectivity index (χ3n) is 10.8. The molecule has 0 bridgehead atoms. The van der Waals surface area contributed by atoms with E-state index in [-0.39, 0.29) is 0 Å². The first-order valence-corrected chi connectivity index (χ1v) is 23.0. The number of hydrogen-bond donors (Lipinski definition) is 0. The van der Waals surface area contributed by atoms with Crippen molar-refractivity contribution in [3.8, 4) is 0 Å². The van der Waals surface area contributed by atoms with Crippen LogP contribution in [0, 0.1) is 0 Å². The fourth-order valence-corrected chi connectivity index (χ4v) is 7.37. The lowest BCUT2D eigenvalue weighted by Crippen LogP contribution is -1.97. The molecule has 0 aliphatic heterocycles. The Morgan fingerprint density at radius 3 is 0.447 bits per heavy atom. The van der Waals surface area contributed by atoms with Crippen LogP contribution in [-0.2, 0) is 4.74 Å².